The first kappa shape index (κ1) is 30.1. The van der Waals surface area contributed by atoms with Crippen LogP contribution in [0.1, 0.15) is 119 Å². The molecule has 0 bridgehead atoms. The number of amides is 1. The number of fused-ring (bicyclic) bond motifs is 7. The van der Waals surface area contributed by atoms with E-state index in [0.29, 0.717) is 24.8 Å². The highest BCUT2D eigenvalue weighted by atomic mass is 16.4. The molecular weight excluding hydrogens is 502 g/mol. The summed E-state index contributed by atoms with van der Waals surface area (Å²) in [6, 6.07) is 0. The number of allylic oxidation sites excluding steroid dienone is 2. The van der Waals surface area contributed by atoms with Crippen LogP contribution in [-0.4, -0.2) is 46.5 Å². The average molecular weight is 558 g/mol. The minimum atomic E-state index is -0.816. The van der Waals surface area contributed by atoms with Gasteiger partial charge in [0.05, 0.1) is 18.1 Å². The predicted octanol–water partition coefficient (Wildman–Crippen LogP) is 6.10. The Balaban J connectivity index is 1.50. The summed E-state index contributed by atoms with van der Waals surface area (Å²) in [6.45, 7) is 14.8. The number of carboxylic acids is 1. The number of carbonyl (C=O) groups excluding carboxylic acids is 1. The summed E-state index contributed by atoms with van der Waals surface area (Å²) in [7, 11) is 0. The van der Waals surface area contributed by atoms with Gasteiger partial charge >= 0.3 is 5.97 Å². The van der Waals surface area contributed by atoms with Crippen molar-refractivity contribution < 1.29 is 24.9 Å². The van der Waals surface area contributed by atoms with Crippen LogP contribution in [-0.2, 0) is 9.59 Å². The van der Waals surface area contributed by atoms with Gasteiger partial charge in [-0.25, -0.2) is 0 Å². The summed E-state index contributed by atoms with van der Waals surface area (Å²) in [6.07, 6.45) is 12.4. The van der Waals surface area contributed by atoms with Gasteiger partial charge in [-0.3, -0.25) is 9.59 Å². The van der Waals surface area contributed by atoms with Crippen LogP contribution in [0.15, 0.2) is 11.6 Å². The molecule has 0 aliphatic heterocycles. The maximum Gasteiger partial charge on any atom is 0.303 e. The van der Waals surface area contributed by atoms with E-state index in [9.17, 15) is 19.8 Å². The van der Waals surface area contributed by atoms with Crippen molar-refractivity contribution in [1.29, 1.82) is 0 Å². The van der Waals surface area contributed by atoms with E-state index >= 15 is 0 Å². The van der Waals surface area contributed by atoms with Crippen LogP contribution in [0.25, 0.3) is 0 Å². The summed E-state index contributed by atoms with van der Waals surface area (Å²) >= 11 is 0. The van der Waals surface area contributed by atoms with Gasteiger partial charge in [-0.15, -0.1) is 0 Å². The van der Waals surface area contributed by atoms with Gasteiger partial charge in [0.25, 0.3) is 0 Å². The van der Waals surface area contributed by atoms with E-state index < -0.39 is 22.9 Å². The fourth-order valence-corrected chi connectivity index (χ4v) is 11.3. The van der Waals surface area contributed by atoms with Crippen molar-refractivity contribution in [1.82, 2.24) is 5.32 Å². The molecule has 5 rings (SSSR count). The molecule has 4 N–H and O–H groups in total. The van der Waals surface area contributed by atoms with Crippen molar-refractivity contribution >= 4 is 11.9 Å². The molecule has 1 amide bonds. The van der Waals surface area contributed by atoms with E-state index in [-0.39, 0.29) is 46.5 Å². The lowest BCUT2D eigenvalue weighted by Crippen LogP contribution is -2.66. The van der Waals surface area contributed by atoms with Gasteiger partial charge in [-0.2, -0.15) is 0 Å². The van der Waals surface area contributed by atoms with Crippen LogP contribution in [0.5, 0.6) is 0 Å². The van der Waals surface area contributed by atoms with Crippen molar-refractivity contribution in [2.75, 3.05) is 13.2 Å². The summed E-state index contributed by atoms with van der Waals surface area (Å²) < 4.78 is 0. The SMILES string of the molecule is CC1(C)CC[C@]2(C(=O)NCCCC(=O)O)CC[C@]3(C)C(=CC[C@@H]4[C@@]5(C)CC[C@H](O)[C@@](C)(CO)C5CC[C@]43C)[C@H]2C1. The van der Waals surface area contributed by atoms with Crippen molar-refractivity contribution in [3.8, 4) is 0 Å². The standard InChI is InChI=1S/C34H55NO5/c1-29(2)15-17-34(28(40)35-19-7-8-27(38)39)18-16-32(5)22(23(34)20-29)9-10-25-30(3)13-12-26(37)31(4,21-36)24(30)11-14-33(25,32)6/h9,23-26,36-37H,7-8,10-21H2,1-6H3,(H,35,40)(H,38,39)/t23-,24?,25-,26+,30+,31+,32-,33-,34+/m1/s1. The number of aliphatic carboxylic acids is 1. The van der Waals surface area contributed by atoms with E-state index in [0.717, 1.165) is 64.2 Å². The summed E-state index contributed by atoms with van der Waals surface area (Å²) in [5.41, 5.74) is 1.03. The highest BCUT2D eigenvalue weighted by Crippen LogP contribution is 2.75. The van der Waals surface area contributed by atoms with Gasteiger partial charge in [0.1, 0.15) is 0 Å². The van der Waals surface area contributed by atoms with Crippen molar-refractivity contribution in [3.05, 3.63) is 11.6 Å². The van der Waals surface area contributed by atoms with E-state index in [1.165, 1.54) is 5.57 Å². The number of hydrogen-bond donors (Lipinski definition) is 4. The lowest BCUT2D eigenvalue weighted by molar-refractivity contribution is -0.215. The molecule has 0 spiro atoms. The number of hydrogen-bond acceptors (Lipinski definition) is 4. The Labute approximate surface area is 241 Å². The van der Waals surface area contributed by atoms with E-state index in [2.05, 4.69) is 52.9 Å². The normalized spacial score (nSPS) is 47.5. The summed E-state index contributed by atoms with van der Waals surface area (Å²) in [5, 5.41) is 33.7. The number of aliphatic hydroxyl groups excluding tert-OH is 2. The number of aliphatic hydroxyl groups is 2. The second-order valence-electron chi connectivity index (χ2n) is 16.3. The molecule has 1 unspecified atom stereocenters. The quantitative estimate of drug-likeness (QED) is 0.233. The van der Waals surface area contributed by atoms with Crippen molar-refractivity contribution in [2.24, 2.45) is 50.2 Å². The second-order valence-corrected chi connectivity index (χ2v) is 16.3. The van der Waals surface area contributed by atoms with Crippen LogP contribution in [0.4, 0.5) is 0 Å². The maximum absolute atomic E-state index is 14.0. The molecule has 6 nitrogen and oxygen atoms in total. The summed E-state index contributed by atoms with van der Waals surface area (Å²) in [4.78, 5) is 25.0. The Kier molecular flexibility index (Phi) is 7.39. The Morgan fingerprint density at radius 3 is 2.33 bits per heavy atom. The highest BCUT2D eigenvalue weighted by molar-refractivity contribution is 5.84. The van der Waals surface area contributed by atoms with Gasteiger partial charge in [-0.05, 0) is 110 Å². The Bertz CT molecular complexity index is 1070. The first-order valence-corrected chi connectivity index (χ1v) is 16.1. The van der Waals surface area contributed by atoms with Crippen molar-refractivity contribution in [3.63, 3.8) is 0 Å². The van der Waals surface area contributed by atoms with Gasteiger partial charge in [-0.1, -0.05) is 53.2 Å². The zero-order valence-electron chi connectivity index (χ0n) is 25.9. The Morgan fingerprint density at radius 1 is 0.950 bits per heavy atom. The Hall–Kier alpha value is -1.40. The van der Waals surface area contributed by atoms with Gasteiger partial charge in [0.2, 0.25) is 5.91 Å². The molecule has 5 aliphatic carbocycles. The molecular formula is C34H55NO5. The molecule has 0 aromatic carbocycles. The Morgan fingerprint density at radius 2 is 1.65 bits per heavy atom. The third-order valence-electron chi connectivity index (χ3n) is 14.1. The molecule has 226 valence electrons. The van der Waals surface area contributed by atoms with E-state index in [4.69, 9.17) is 5.11 Å². The van der Waals surface area contributed by atoms with Crippen LogP contribution in [0, 0.1) is 50.2 Å². The largest absolute Gasteiger partial charge is 0.481 e. The number of carboxylic acid groups (broad SMARTS) is 1. The molecule has 0 aromatic rings. The van der Waals surface area contributed by atoms with Gasteiger partial charge in [0, 0.05) is 18.4 Å². The average Bonchev–Trinajstić information content (AvgIpc) is 2.89. The number of rotatable bonds is 6. The van der Waals surface area contributed by atoms with Gasteiger partial charge in [0.15, 0.2) is 0 Å². The smallest absolute Gasteiger partial charge is 0.303 e. The lowest BCUT2D eigenvalue weighted by Gasteiger charge is -2.71. The third-order valence-corrected chi connectivity index (χ3v) is 14.1. The molecule has 5 aliphatic rings. The van der Waals surface area contributed by atoms with Crippen LogP contribution in [0.3, 0.4) is 0 Å². The monoisotopic (exact) mass is 557 g/mol. The minimum Gasteiger partial charge on any atom is -0.481 e. The van der Waals surface area contributed by atoms with Crippen LogP contribution < -0.4 is 5.32 Å². The van der Waals surface area contributed by atoms with Crippen LogP contribution in [0.2, 0.25) is 0 Å². The molecule has 0 saturated heterocycles. The molecule has 40 heavy (non-hydrogen) atoms. The van der Waals surface area contributed by atoms with Gasteiger partial charge < -0.3 is 20.6 Å². The lowest BCUT2D eigenvalue weighted by atomic mass is 9.33. The number of nitrogens with one attached hydrogen (secondary N) is 1. The molecule has 0 radical (unpaired) electrons. The zero-order chi connectivity index (χ0) is 29.4. The number of carbonyl (C=O) groups is 2. The highest BCUT2D eigenvalue weighted by Gasteiger charge is 2.69. The maximum atomic E-state index is 14.0. The fraction of sp³-hybridized carbons (Fsp3) is 0.882. The van der Waals surface area contributed by atoms with E-state index in [1.54, 1.807) is 0 Å². The minimum absolute atomic E-state index is 0.0146. The fourth-order valence-electron chi connectivity index (χ4n) is 11.3. The molecule has 4 saturated carbocycles. The molecule has 0 aromatic heterocycles. The van der Waals surface area contributed by atoms with E-state index in [1.807, 2.05) is 0 Å². The topological polar surface area (TPSA) is 107 Å². The molecule has 9 atom stereocenters. The summed E-state index contributed by atoms with van der Waals surface area (Å²) in [5.74, 6) is 0.333. The molecule has 6 heteroatoms. The third kappa shape index (κ3) is 4.16. The van der Waals surface area contributed by atoms with Crippen molar-refractivity contribution in [2.45, 2.75) is 125 Å². The zero-order valence-corrected chi connectivity index (χ0v) is 25.9. The molecule has 0 heterocycles. The predicted molar refractivity (Wildman–Crippen MR) is 156 cm³/mol. The first-order chi connectivity index (χ1) is 18.6. The molecule has 4 fully saturated rings. The first-order valence-electron chi connectivity index (χ1n) is 16.1. The van der Waals surface area contributed by atoms with Crippen LogP contribution >= 0.6 is 0 Å². The second kappa shape index (κ2) is 9.82.